The van der Waals surface area contributed by atoms with E-state index in [1.54, 1.807) is 6.92 Å². The molecule has 1 fully saturated rings. The summed E-state index contributed by atoms with van der Waals surface area (Å²) in [5.74, 6) is -1.04. The van der Waals surface area contributed by atoms with Gasteiger partial charge in [-0.15, -0.1) is 11.3 Å². The molecule has 216 valence electrons. The maximum atomic E-state index is 13.2. The number of hydrogen-bond donors (Lipinski definition) is 2. The van der Waals surface area contributed by atoms with Crippen LogP contribution in [0.2, 0.25) is 0 Å². The number of amides is 4. The zero-order chi connectivity index (χ0) is 29.0. The minimum Gasteiger partial charge on any atom is -0.453 e. The van der Waals surface area contributed by atoms with Crippen LogP contribution >= 0.6 is 11.3 Å². The third-order valence-electron chi connectivity index (χ3n) is 6.81. The second-order valence-corrected chi connectivity index (χ2v) is 12.7. The lowest BCUT2D eigenvalue weighted by molar-refractivity contribution is 0.0936. The number of ether oxygens (including phenoxy) is 2. The first kappa shape index (κ1) is 29.5. The number of nitrogens with zero attached hydrogens (tertiary/aromatic N) is 2. The molecule has 2 aromatic rings. The van der Waals surface area contributed by atoms with Gasteiger partial charge in [0.25, 0.3) is 11.8 Å². The number of hydrogen-bond acceptors (Lipinski definition) is 9. The lowest BCUT2D eigenvalue weighted by Crippen LogP contribution is -2.39. The molecule has 0 saturated carbocycles. The van der Waals surface area contributed by atoms with Gasteiger partial charge < -0.3 is 19.7 Å². The standard InChI is InChI=1S/C26H32N4O8S2/c1-4-38-26(34)29-13-11-19-20(15-29)39-24(21(19)23(32)28-25(33)37-3)27-22(31)17-7-9-18(10-8-17)40(35,36)30-12-5-6-16(2)14-30/h7-10,16H,4-6,11-15H2,1-3H3,(H,27,31)(H,28,32,33). The van der Waals surface area contributed by atoms with E-state index >= 15 is 0 Å². The lowest BCUT2D eigenvalue weighted by atomic mass is 10.0. The van der Waals surface area contributed by atoms with Crippen LogP contribution in [-0.2, 0) is 32.5 Å². The molecule has 2 aliphatic heterocycles. The van der Waals surface area contributed by atoms with Crippen molar-refractivity contribution in [2.75, 3.05) is 38.7 Å². The molecule has 1 aromatic carbocycles. The van der Waals surface area contributed by atoms with Crippen molar-refractivity contribution in [1.29, 1.82) is 0 Å². The number of nitrogens with one attached hydrogen (secondary N) is 2. The van der Waals surface area contributed by atoms with Crippen molar-refractivity contribution in [3.05, 3.63) is 45.8 Å². The van der Waals surface area contributed by atoms with E-state index in [9.17, 15) is 27.6 Å². The third kappa shape index (κ3) is 6.29. The lowest BCUT2D eigenvalue weighted by Gasteiger charge is -2.30. The Kier molecular flexibility index (Phi) is 9.11. The number of rotatable bonds is 6. The first-order chi connectivity index (χ1) is 19.0. The number of carbonyl (C=O) groups excluding carboxylic acids is 4. The van der Waals surface area contributed by atoms with Crippen LogP contribution in [-0.4, -0.2) is 75.0 Å². The van der Waals surface area contributed by atoms with Gasteiger partial charge in [-0.1, -0.05) is 6.92 Å². The van der Waals surface area contributed by atoms with Crippen molar-refractivity contribution < 1.29 is 37.1 Å². The SMILES string of the molecule is CCOC(=O)N1CCc2c(sc(NC(=O)c3ccc(S(=O)(=O)N4CCCC(C)C4)cc3)c2C(=O)NC(=O)OC)C1. The zero-order valence-electron chi connectivity index (χ0n) is 22.5. The van der Waals surface area contributed by atoms with Gasteiger partial charge in [0.1, 0.15) is 5.00 Å². The Morgan fingerprint density at radius 1 is 1.10 bits per heavy atom. The fraction of sp³-hybridized carbons (Fsp3) is 0.462. The Bertz CT molecular complexity index is 1400. The quantitative estimate of drug-likeness (QED) is 0.518. The molecular formula is C26H32N4O8S2. The van der Waals surface area contributed by atoms with Gasteiger partial charge in [-0.05, 0) is 61.9 Å². The van der Waals surface area contributed by atoms with Crippen molar-refractivity contribution in [3.63, 3.8) is 0 Å². The van der Waals surface area contributed by atoms with Gasteiger partial charge in [0.2, 0.25) is 10.0 Å². The summed E-state index contributed by atoms with van der Waals surface area (Å²) < 4.78 is 37.2. The molecule has 12 nitrogen and oxygen atoms in total. The highest BCUT2D eigenvalue weighted by molar-refractivity contribution is 7.89. The first-order valence-corrected chi connectivity index (χ1v) is 15.2. The molecule has 2 N–H and O–H groups in total. The molecule has 4 rings (SSSR count). The number of sulfonamides is 1. The van der Waals surface area contributed by atoms with E-state index in [1.165, 1.54) is 33.5 Å². The summed E-state index contributed by atoms with van der Waals surface area (Å²) in [5.41, 5.74) is 0.907. The monoisotopic (exact) mass is 592 g/mol. The van der Waals surface area contributed by atoms with Crippen LogP contribution in [0.5, 0.6) is 0 Å². The number of imide groups is 1. The van der Waals surface area contributed by atoms with Gasteiger partial charge in [0.05, 0.1) is 30.7 Å². The third-order valence-corrected chi connectivity index (χ3v) is 9.82. The van der Waals surface area contributed by atoms with E-state index in [0.29, 0.717) is 36.5 Å². The van der Waals surface area contributed by atoms with Crippen molar-refractivity contribution >= 4 is 50.4 Å². The number of carbonyl (C=O) groups is 4. The molecule has 0 spiro atoms. The highest BCUT2D eigenvalue weighted by Crippen LogP contribution is 2.37. The van der Waals surface area contributed by atoms with E-state index in [4.69, 9.17) is 4.74 Å². The van der Waals surface area contributed by atoms with Crippen LogP contribution in [0.1, 0.15) is 57.8 Å². The summed E-state index contributed by atoms with van der Waals surface area (Å²) in [6, 6.07) is 5.62. The summed E-state index contributed by atoms with van der Waals surface area (Å²) in [7, 11) is -2.56. The predicted molar refractivity (Wildman–Crippen MR) is 147 cm³/mol. The number of alkyl carbamates (subject to hydrolysis) is 1. The normalized spacial score (nSPS) is 17.5. The van der Waals surface area contributed by atoms with E-state index in [-0.39, 0.29) is 40.1 Å². The number of anilines is 1. The number of methoxy groups -OCH3 is 1. The number of benzene rings is 1. The Labute approximate surface area is 236 Å². The molecule has 1 atom stereocenters. The minimum absolute atomic E-state index is 0.0990. The van der Waals surface area contributed by atoms with Crippen molar-refractivity contribution in [1.82, 2.24) is 14.5 Å². The van der Waals surface area contributed by atoms with Crippen LogP contribution in [0.15, 0.2) is 29.2 Å². The largest absolute Gasteiger partial charge is 0.453 e. The molecule has 1 aromatic heterocycles. The Morgan fingerprint density at radius 3 is 2.48 bits per heavy atom. The molecule has 3 heterocycles. The summed E-state index contributed by atoms with van der Waals surface area (Å²) in [5, 5.41) is 5.05. The van der Waals surface area contributed by atoms with Crippen LogP contribution < -0.4 is 10.6 Å². The fourth-order valence-electron chi connectivity index (χ4n) is 4.78. The molecule has 40 heavy (non-hydrogen) atoms. The molecule has 4 amide bonds. The first-order valence-electron chi connectivity index (χ1n) is 12.9. The van der Waals surface area contributed by atoms with Gasteiger partial charge in [-0.25, -0.2) is 18.0 Å². The Hall–Kier alpha value is -3.49. The van der Waals surface area contributed by atoms with Gasteiger partial charge in [-0.3, -0.25) is 14.9 Å². The van der Waals surface area contributed by atoms with Crippen LogP contribution in [0, 0.1) is 5.92 Å². The smallest absolute Gasteiger partial charge is 0.413 e. The molecule has 1 unspecified atom stereocenters. The van der Waals surface area contributed by atoms with Crippen LogP contribution in [0.25, 0.3) is 0 Å². The summed E-state index contributed by atoms with van der Waals surface area (Å²) >= 11 is 1.12. The second-order valence-electron chi connectivity index (χ2n) is 9.61. The average Bonchev–Trinajstić information content (AvgIpc) is 3.30. The van der Waals surface area contributed by atoms with Crippen molar-refractivity contribution in [3.8, 4) is 0 Å². The summed E-state index contributed by atoms with van der Waals surface area (Å²) in [6.07, 6.45) is 0.659. The summed E-state index contributed by atoms with van der Waals surface area (Å²) in [4.78, 5) is 52.4. The molecule has 0 bridgehead atoms. The maximum Gasteiger partial charge on any atom is 0.413 e. The predicted octanol–water partition coefficient (Wildman–Crippen LogP) is 3.43. The van der Waals surface area contributed by atoms with Gasteiger partial charge >= 0.3 is 12.2 Å². The van der Waals surface area contributed by atoms with Gasteiger partial charge in [-0.2, -0.15) is 4.31 Å². The highest BCUT2D eigenvalue weighted by Gasteiger charge is 2.32. The van der Waals surface area contributed by atoms with Crippen molar-refractivity contribution in [2.45, 2.75) is 44.6 Å². The average molecular weight is 593 g/mol. The van der Waals surface area contributed by atoms with Crippen molar-refractivity contribution in [2.24, 2.45) is 5.92 Å². The van der Waals surface area contributed by atoms with E-state index in [2.05, 4.69) is 15.4 Å². The molecule has 2 aliphatic rings. The topological polar surface area (TPSA) is 151 Å². The molecule has 0 radical (unpaired) electrons. The number of thiophene rings is 1. The van der Waals surface area contributed by atoms with Crippen LogP contribution in [0.3, 0.4) is 0 Å². The number of fused-ring (bicyclic) bond motifs is 1. The van der Waals surface area contributed by atoms with Crippen LogP contribution in [0.4, 0.5) is 14.6 Å². The zero-order valence-corrected chi connectivity index (χ0v) is 24.2. The van der Waals surface area contributed by atoms with Gasteiger partial charge in [0, 0.05) is 30.1 Å². The maximum absolute atomic E-state index is 13.2. The molecule has 1 saturated heterocycles. The van der Waals surface area contributed by atoms with E-state index in [0.717, 1.165) is 31.3 Å². The highest BCUT2D eigenvalue weighted by atomic mass is 32.2. The Morgan fingerprint density at radius 2 is 1.82 bits per heavy atom. The molecule has 14 heteroatoms. The Balaban J connectivity index is 1.57. The van der Waals surface area contributed by atoms with E-state index < -0.39 is 34.0 Å². The van der Waals surface area contributed by atoms with Gasteiger partial charge in [0.15, 0.2) is 0 Å². The minimum atomic E-state index is -3.68. The summed E-state index contributed by atoms with van der Waals surface area (Å²) in [6.45, 7) is 5.33. The van der Waals surface area contributed by atoms with E-state index in [1.807, 2.05) is 6.92 Å². The fourth-order valence-corrected chi connectivity index (χ4v) is 7.63. The second kappa shape index (κ2) is 12.4. The number of piperidine rings is 1. The molecular weight excluding hydrogens is 560 g/mol. The molecule has 0 aliphatic carbocycles.